The predicted molar refractivity (Wildman–Crippen MR) is 97.0 cm³/mol. The first kappa shape index (κ1) is 19.0. The molecule has 0 spiro atoms. The number of anilines is 1. The van der Waals surface area contributed by atoms with Crippen LogP contribution in [0.15, 0.2) is 55.1 Å². The average Bonchev–Trinajstić information content (AvgIpc) is 2.63. The Morgan fingerprint density at radius 3 is 2.58 bits per heavy atom. The van der Waals surface area contributed by atoms with Gasteiger partial charge in [-0.3, -0.25) is 0 Å². The fraction of sp³-hybridized carbons (Fsp3) is 0.150. The lowest BCUT2D eigenvalue weighted by atomic mass is 10.1. The molecule has 0 aliphatic rings. The molecular weight excluding hydrogens is 338 g/mol. The van der Waals surface area contributed by atoms with E-state index in [4.69, 9.17) is 4.74 Å². The molecule has 26 heavy (non-hydrogen) atoms. The summed E-state index contributed by atoms with van der Waals surface area (Å²) in [5.74, 6) is 4.48. The van der Waals surface area contributed by atoms with Gasteiger partial charge in [-0.1, -0.05) is 42.2 Å². The topological polar surface area (TPSA) is 50.4 Å². The Morgan fingerprint density at radius 2 is 1.85 bits per heavy atom. The summed E-state index contributed by atoms with van der Waals surface area (Å²) in [5, 5.41) is 4.50. The summed E-state index contributed by atoms with van der Waals surface area (Å²) < 4.78 is 32.4. The molecule has 134 valence electrons. The maximum Gasteiger partial charge on any atom is 0.320 e. The van der Waals surface area contributed by atoms with E-state index in [0.717, 1.165) is 23.4 Å². The molecule has 2 aromatic rings. The van der Waals surface area contributed by atoms with Crippen LogP contribution in [0.25, 0.3) is 0 Å². The second kappa shape index (κ2) is 9.84. The van der Waals surface area contributed by atoms with Crippen LogP contribution in [0.1, 0.15) is 5.56 Å². The van der Waals surface area contributed by atoms with Crippen LogP contribution in [0, 0.1) is 23.5 Å². The molecule has 6 heteroatoms. The van der Waals surface area contributed by atoms with Crippen molar-refractivity contribution in [1.29, 1.82) is 0 Å². The molecule has 0 heterocycles. The fourth-order valence-electron chi connectivity index (χ4n) is 2.10. The van der Waals surface area contributed by atoms with E-state index in [-0.39, 0.29) is 13.2 Å². The normalized spacial score (nSPS) is 9.62. The minimum absolute atomic E-state index is 0.0135. The highest BCUT2D eigenvalue weighted by molar-refractivity contribution is 5.89. The number of hydrogen-bond acceptors (Lipinski definition) is 2. The minimum Gasteiger partial charge on any atom is -0.481 e. The van der Waals surface area contributed by atoms with Crippen LogP contribution in [0.4, 0.5) is 19.3 Å². The number of ether oxygens (including phenoxy) is 1. The summed E-state index contributed by atoms with van der Waals surface area (Å²) in [6.07, 6.45) is 2.48. The standard InChI is InChI=1S/C20H18F2N2O2/c1-2-8-15-9-3-4-12-18(15)26-14-6-5-13-23-20(25)24-19-16(21)10-7-11-17(19)22/h2-4,7,9-12H,1,8,13-14H2,(H2,23,24,25). The number of halogens is 2. The highest BCUT2D eigenvalue weighted by Crippen LogP contribution is 2.18. The Kier molecular flexibility index (Phi) is 7.19. The monoisotopic (exact) mass is 356 g/mol. The molecule has 2 N–H and O–H groups in total. The van der Waals surface area contributed by atoms with Crippen molar-refractivity contribution in [2.45, 2.75) is 6.42 Å². The SMILES string of the molecule is C=CCc1ccccc1OCC#CCNC(=O)Nc1c(F)cccc1F. The van der Waals surface area contributed by atoms with Gasteiger partial charge >= 0.3 is 6.03 Å². The maximum atomic E-state index is 13.4. The van der Waals surface area contributed by atoms with Crippen molar-refractivity contribution in [2.24, 2.45) is 0 Å². The lowest BCUT2D eigenvalue weighted by Gasteiger charge is -2.07. The van der Waals surface area contributed by atoms with Crippen LogP contribution in [-0.2, 0) is 6.42 Å². The van der Waals surface area contributed by atoms with Crippen LogP contribution in [0.2, 0.25) is 0 Å². The zero-order chi connectivity index (χ0) is 18.8. The van der Waals surface area contributed by atoms with E-state index in [1.807, 2.05) is 24.3 Å². The van der Waals surface area contributed by atoms with Gasteiger partial charge in [0.25, 0.3) is 0 Å². The summed E-state index contributed by atoms with van der Waals surface area (Å²) in [6, 6.07) is 10.1. The smallest absolute Gasteiger partial charge is 0.320 e. The van der Waals surface area contributed by atoms with Gasteiger partial charge in [-0.25, -0.2) is 13.6 Å². The molecule has 0 saturated heterocycles. The van der Waals surface area contributed by atoms with E-state index in [1.54, 1.807) is 6.08 Å². The van der Waals surface area contributed by atoms with Crippen molar-refractivity contribution >= 4 is 11.7 Å². The largest absolute Gasteiger partial charge is 0.481 e. The molecule has 2 aromatic carbocycles. The molecule has 4 nitrogen and oxygen atoms in total. The number of rotatable bonds is 6. The number of benzene rings is 2. The highest BCUT2D eigenvalue weighted by Gasteiger charge is 2.10. The zero-order valence-corrected chi connectivity index (χ0v) is 14.0. The Balaban J connectivity index is 1.77. The third kappa shape index (κ3) is 5.64. The van der Waals surface area contributed by atoms with Crippen molar-refractivity contribution < 1.29 is 18.3 Å². The van der Waals surface area contributed by atoms with E-state index in [1.165, 1.54) is 6.07 Å². The zero-order valence-electron chi connectivity index (χ0n) is 14.0. The van der Waals surface area contributed by atoms with E-state index in [9.17, 15) is 13.6 Å². The third-order valence-corrected chi connectivity index (χ3v) is 3.30. The number of carbonyl (C=O) groups is 1. The van der Waals surface area contributed by atoms with Crippen molar-refractivity contribution in [3.05, 3.63) is 72.3 Å². The van der Waals surface area contributed by atoms with E-state index in [0.29, 0.717) is 6.42 Å². The quantitative estimate of drug-likeness (QED) is 0.609. The molecule has 0 atom stereocenters. The second-order valence-electron chi connectivity index (χ2n) is 5.15. The Bertz CT molecular complexity index is 821. The molecule has 0 aliphatic heterocycles. The number of hydrogen-bond donors (Lipinski definition) is 2. The Labute approximate surface area is 150 Å². The highest BCUT2D eigenvalue weighted by atomic mass is 19.1. The molecular formula is C20H18F2N2O2. The molecule has 2 rings (SSSR count). The molecule has 0 fully saturated rings. The van der Waals surface area contributed by atoms with Crippen LogP contribution >= 0.6 is 0 Å². The molecule has 0 unspecified atom stereocenters. The van der Waals surface area contributed by atoms with Crippen LogP contribution < -0.4 is 15.4 Å². The molecule has 0 aliphatic carbocycles. The molecule has 0 radical (unpaired) electrons. The number of nitrogens with one attached hydrogen (secondary N) is 2. The first-order valence-corrected chi connectivity index (χ1v) is 7.88. The number of para-hydroxylation sites is 2. The Hall–Kier alpha value is -3.33. The van der Waals surface area contributed by atoms with Gasteiger partial charge in [0.2, 0.25) is 0 Å². The number of allylic oxidation sites excluding steroid dienone is 1. The van der Waals surface area contributed by atoms with Gasteiger partial charge in [0, 0.05) is 0 Å². The number of amides is 2. The van der Waals surface area contributed by atoms with Gasteiger partial charge in [0.15, 0.2) is 0 Å². The van der Waals surface area contributed by atoms with E-state index in [2.05, 4.69) is 29.1 Å². The number of urea groups is 1. The van der Waals surface area contributed by atoms with Gasteiger partial charge in [-0.15, -0.1) is 6.58 Å². The van der Waals surface area contributed by atoms with Crippen molar-refractivity contribution in [3.8, 4) is 17.6 Å². The summed E-state index contributed by atoms with van der Waals surface area (Å²) >= 11 is 0. The molecule has 0 saturated carbocycles. The summed E-state index contributed by atoms with van der Waals surface area (Å²) in [4.78, 5) is 11.6. The average molecular weight is 356 g/mol. The molecule has 0 bridgehead atoms. The van der Waals surface area contributed by atoms with Gasteiger partial charge in [-0.2, -0.15) is 0 Å². The third-order valence-electron chi connectivity index (χ3n) is 3.30. The summed E-state index contributed by atoms with van der Waals surface area (Å²) in [5.41, 5.74) is 0.508. The summed E-state index contributed by atoms with van der Waals surface area (Å²) in [7, 11) is 0. The van der Waals surface area contributed by atoms with Gasteiger partial charge in [-0.05, 0) is 30.2 Å². The Morgan fingerprint density at radius 1 is 1.12 bits per heavy atom. The van der Waals surface area contributed by atoms with Gasteiger partial charge < -0.3 is 15.4 Å². The van der Waals surface area contributed by atoms with Crippen molar-refractivity contribution in [1.82, 2.24) is 5.32 Å². The lowest BCUT2D eigenvalue weighted by molar-refractivity contribution is 0.253. The lowest BCUT2D eigenvalue weighted by Crippen LogP contribution is -2.29. The molecule has 2 amide bonds. The number of carbonyl (C=O) groups excluding carboxylic acids is 1. The first-order chi connectivity index (χ1) is 12.6. The van der Waals surface area contributed by atoms with Gasteiger partial charge in [0.05, 0.1) is 6.54 Å². The van der Waals surface area contributed by atoms with Crippen LogP contribution in [-0.4, -0.2) is 19.2 Å². The maximum absolute atomic E-state index is 13.4. The fourth-order valence-corrected chi connectivity index (χ4v) is 2.10. The first-order valence-electron chi connectivity index (χ1n) is 7.88. The molecule has 0 aromatic heterocycles. The van der Waals surface area contributed by atoms with Crippen LogP contribution in [0.5, 0.6) is 5.75 Å². The van der Waals surface area contributed by atoms with Crippen molar-refractivity contribution in [2.75, 3.05) is 18.5 Å². The van der Waals surface area contributed by atoms with Crippen molar-refractivity contribution in [3.63, 3.8) is 0 Å². The van der Waals surface area contributed by atoms with Gasteiger partial charge in [0.1, 0.15) is 29.7 Å². The predicted octanol–water partition coefficient (Wildman–Crippen LogP) is 3.90. The van der Waals surface area contributed by atoms with Crippen LogP contribution in [0.3, 0.4) is 0 Å². The van der Waals surface area contributed by atoms with E-state index >= 15 is 0 Å². The minimum atomic E-state index is -0.849. The van der Waals surface area contributed by atoms with E-state index < -0.39 is 23.4 Å². The second-order valence-corrected chi connectivity index (χ2v) is 5.15. The summed E-state index contributed by atoms with van der Waals surface area (Å²) in [6.45, 7) is 3.86.